The summed E-state index contributed by atoms with van der Waals surface area (Å²) >= 11 is 11.3. The van der Waals surface area contributed by atoms with Gasteiger partial charge < -0.3 is 4.57 Å². The first-order chi connectivity index (χ1) is 7.11. The van der Waals surface area contributed by atoms with Crippen LogP contribution in [0.1, 0.15) is 5.56 Å². The minimum atomic E-state index is 0.586. The lowest BCUT2D eigenvalue weighted by molar-refractivity contribution is 0.902. The number of nitrogens with one attached hydrogen (secondary N) is 1. The van der Waals surface area contributed by atoms with Gasteiger partial charge in [0.2, 0.25) is 0 Å². The first-order valence-electron chi connectivity index (χ1n) is 4.48. The number of rotatable bonds is 1. The first kappa shape index (κ1) is 10.4. The molecule has 0 saturated heterocycles. The number of aromatic nitrogens is 3. The fraction of sp³-hybridized carbons (Fsp3) is 0.200. The van der Waals surface area contributed by atoms with Crippen molar-refractivity contribution in [3.8, 4) is 11.4 Å². The van der Waals surface area contributed by atoms with Gasteiger partial charge in [0.25, 0.3) is 0 Å². The highest BCUT2D eigenvalue weighted by Gasteiger charge is 2.10. The zero-order valence-electron chi connectivity index (χ0n) is 8.41. The van der Waals surface area contributed by atoms with Crippen LogP contribution in [0.3, 0.4) is 0 Å². The molecule has 78 valence electrons. The largest absolute Gasteiger partial charge is 0.303 e. The van der Waals surface area contributed by atoms with Gasteiger partial charge in [-0.1, -0.05) is 23.7 Å². The quantitative estimate of drug-likeness (QED) is 0.776. The number of aryl methyl sites for hydroxylation is 1. The van der Waals surface area contributed by atoms with Crippen LogP contribution in [0, 0.1) is 11.7 Å². The molecule has 0 bridgehead atoms. The molecule has 2 rings (SSSR count). The van der Waals surface area contributed by atoms with E-state index in [1.54, 1.807) is 4.57 Å². The second-order valence-electron chi connectivity index (χ2n) is 3.35. The van der Waals surface area contributed by atoms with Gasteiger partial charge in [0.05, 0.1) is 5.02 Å². The van der Waals surface area contributed by atoms with Gasteiger partial charge in [-0.2, -0.15) is 5.10 Å². The summed E-state index contributed by atoms with van der Waals surface area (Å²) in [6.07, 6.45) is 0. The standard InChI is InChI=1S/C10H10ClN3S/c1-6-4-3-5-7(8(6)11)9-12-13-10(15)14(9)2/h3-5H,1-2H3,(H,13,15). The Morgan fingerprint density at radius 3 is 2.80 bits per heavy atom. The smallest absolute Gasteiger partial charge is 0.195 e. The fourth-order valence-corrected chi connectivity index (χ4v) is 1.75. The van der Waals surface area contributed by atoms with E-state index in [1.807, 2.05) is 32.2 Å². The maximum Gasteiger partial charge on any atom is 0.195 e. The lowest BCUT2D eigenvalue weighted by Gasteiger charge is -2.05. The van der Waals surface area contributed by atoms with Gasteiger partial charge in [0, 0.05) is 12.6 Å². The molecule has 0 radical (unpaired) electrons. The Balaban J connectivity index is 2.69. The summed E-state index contributed by atoms with van der Waals surface area (Å²) in [5.74, 6) is 0.758. The van der Waals surface area contributed by atoms with Crippen LogP contribution in [-0.2, 0) is 7.05 Å². The topological polar surface area (TPSA) is 33.6 Å². The van der Waals surface area contributed by atoms with Gasteiger partial charge in [-0.25, -0.2) is 0 Å². The van der Waals surface area contributed by atoms with Crippen LogP contribution >= 0.6 is 23.8 Å². The van der Waals surface area contributed by atoms with Crippen molar-refractivity contribution in [3.63, 3.8) is 0 Å². The lowest BCUT2D eigenvalue weighted by Crippen LogP contribution is -1.93. The SMILES string of the molecule is Cc1cccc(-c2n[nH]c(=S)n2C)c1Cl. The molecule has 0 aliphatic heterocycles. The van der Waals surface area contributed by atoms with Crippen LogP contribution in [0.25, 0.3) is 11.4 Å². The average Bonchev–Trinajstić information content (AvgIpc) is 2.53. The van der Waals surface area contributed by atoms with Crippen molar-refractivity contribution >= 4 is 23.8 Å². The molecule has 1 N–H and O–H groups in total. The van der Waals surface area contributed by atoms with E-state index >= 15 is 0 Å². The van der Waals surface area contributed by atoms with Gasteiger partial charge in [-0.15, -0.1) is 0 Å². The van der Waals surface area contributed by atoms with Crippen molar-refractivity contribution in [1.29, 1.82) is 0 Å². The van der Waals surface area contributed by atoms with E-state index in [0.717, 1.165) is 22.0 Å². The number of benzene rings is 1. The minimum Gasteiger partial charge on any atom is -0.303 e. The zero-order valence-corrected chi connectivity index (χ0v) is 9.99. The van der Waals surface area contributed by atoms with Gasteiger partial charge >= 0.3 is 0 Å². The molecule has 1 aromatic heterocycles. The summed E-state index contributed by atoms with van der Waals surface area (Å²) in [5.41, 5.74) is 1.93. The molecule has 0 aliphatic carbocycles. The van der Waals surface area contributed by atoms with E-state index in [1.165, 1.54) is 0 Å². The predicted molar refractivity (Wildman–Crippen MR) is 63.6 cm³/mol. The Labute approximate surface area is 97.7 Å². The number of hydrogen-bond acceptors (Lipinski definition) is 2. The van der Waals surface area contributed by atoms with Crippen LogP contribution in [0.4, 0.5) is 0 Å². The van der Waals surface area contributed by atoms with Gasteiger partial charge in [-0.05, 0) is 30.8 Å². The van der Waals surface area contributed by atoms with Gasteiger partial charge in [0.1, 0.15) is 0 Å². The Bertz CT molecular complexity index is 556. The average molecular weight is 240 g/mol. The molecule has 15 heavy (non-hydrogen) atoms. The number of nitrogens with zero attached hydrogens (tertiary/aromatic N) is 2. The van der Waals surface area contributed by atoms with Crippen molar-refractivity contribution in [2.45, 2.75) is 6.92 Å². The minimum absolute atomic E-state index is 0.586. The summed E-state index contributed by atoms with van der Waals surface area (Å²) < 4.78 is 2.39. The summed E-state index contributed by atoms with van der Waals surface area (Å²) in [6.45, 7) is 1.97. The van der Waals surface area contributed by atoms with Crippen LogP contribution < -0.4 is 0 Å². The van der Waals surface area contributed by atoms with Crippen molar-refractivity contribution in [2.75, 3.05) is 0 Å². The molecule has 0 saturated carbocycles. The maximum atomic E-state index is 6.21. The van der Waals surface area contributed by atoms with E-state index in [-0.39, 0.29) is 0 Å². The van der Waals surface area contributed by atoms with Crippen molar-refractivity contribution < 1.29 is 0 Å². The lowest BCUT2D eigenvalue weighted by atomic mass is 10.1. The summed E-state index contributed by atoms with van der Waals surface area (Å²) in [5, 5.41) is 7.61. The highest BCUT2D eigenvalue weighted by molar-refractivity contribution is 7.71. The van der Waals surface area contributed by atoms with Crippen LogP contribution in [0.15, 0.2) is 18.2 Å². The number of halogens is 1. The van der Waals surface area contributed by atoms with E-state index in [0.29, 0.717) is 4.77 Å². The molecule has 0 spiro atoms. The van der Waals surface area contributed by atoms with E-state index in [9.17, 15) is 0 Å². The third-order valence-electron chi connectivity index (χ3n) is 2.31. The summed E-state index contributed by atoms with van der Waals surface area (Å²) in [6, 6.07) is 5.85. The van der Waals surface area contributed by atoms with Crippen LogP contribution in [-0.4, -0.2) is 14.8 Å². The Morgan fingerprint density at radius 1 is 1.47 bits per heavy atom. The molecule has 1 aromatic carbocycles. The Hall–Kier alpha value is -1.13. The number of H-pyrrole nitrogens is 1. The molecule has 0 atom stereocenters. The number of hydrogen-bond donors (Lipinski definition) is 1. The van der Waals surface area contributed by atoms with E-state index < -0.39 is 0 Å². The molecule has 0 unspecified atom stereocenters. The fourth-order valence-electron chi connectivity index (χ4n) is 1.41. The molecule has 0 amide bonds. The molecule has 0 fully saturated rings. The second-order valence-corrected chi connectivity index (χ2v) is 4.11. The highest BCUT2D eigenvalue weighted by Crippen LogP contribution is 2.28. The summed E-state index contributed by atoms with van der Waals surface area (Å²) in [7, 11) is 1.86. The molecule has 2 aromatic rings. The third kappa shape index (κ3) is 1.70. The van der Waals surface area contributed by atoms with E-state index in [2.05, 4.69) is 10.2 Å². The molecule has 0 aliphatic rings. The van der Waals surface area contributed by atoms with Crippen LogP contribution in [0.5, 0.6) is 0 Å². The Kier molecular flexibility index (Phi) is 2.63. The van der Waals surface area contributed by atoms with Crippen molar-refractivity contribution in [1.82, 2.24) is 14.8 Å². The van der Waals surface area contributed by atoms with Crippen molar-refractivity contribution in [2.24, 2.45) is 7.05 Å². The zero-order chi connectivity index (χ0) is 11.0. The number of aromatic amines is 1. The van der Waals surface area contributed by atoms with Crippen LogP contribution in [0.2, 0.25) is 5.02 Å². The molecule has 5 heteroatoms. The normalized spacial score (nSPS) is 10.6. The van der Waals surface area contributed by atoms with Gasteiger partial charge in [0.15, 0.2) is 10.6 Å². The second kappa shape index (κ2) is 3.79. The van der Waals surface area contributed by atoms with Gasteiger partial charge in [-0.3, -0.25) is 5.10 Å². The third-order valence-corrected chi connectivity index (χ3v) is 3.18. The Morgan fingerprint density at radius 2 is 2.20 bits per heavy atom. The first-order valence-corrected chi connectivity index (χ1v) is 5.26. The molecule has 1 heterocycles. The molecular formula is C10H10ClN3S. The monoisotopic (exact) mass is 239 g/mol. The summed E-state index contributed by atoms with van der Waals surface area (Å²) in [4.78, 5) is 0. The molecule has 3 nitrogen and oxygen atoms in total. The van der Waals surface area contributed by atoms with Crippen molar-refractivity contribution in [3.05, 3.63) is 33.6 Å². The highest BCUT2D eigenvalue weighted by atomic mass is 35.5. The maximum absolute atomic E-state index is 6.21. The van der Waals surface area contributed by atoms with E-state index in [4.69, 9.17) is 23.8 Å². The predicted octanol–water partition coefficient (Wildman–Crippen LogP) is 3.11. The molecular weight excluding hydrogens is 230 g/mol.